The summed E-state index contributed by atoms with van der Waals surface area (Å²) in [6.45, 7) is 0.0479. The first kappa shape index (κ1) is 16.8. The number of nitrogens with one attached hydrogen (secondary N) is 3. The van der Waals surface area contributed by atoms with Gasteiger partial charge in [0.05, 0.1) is 12.2 Å². The Morgan fingerprint density at radius 1 is 1.09 bits per heavy atom. The highest BCUT2D eigenvalue weighted by atomic mass is 35.5. The van der Waals surface area contributed by atoms with Gasteiger partial charge in [-0.25, -0.2) is 9.18 Å². The van der Waals surface area contributed by atoms with Crippen molar-refractivity contribution < 1.29 is 14.0 Å². The molecule has 0 atom stereocenters. The van der Waals surface area contributed by atoms with Gasteiger partial charge in [-0.3, -0.25) is 10.1 Å². The first-order chi connectivity index (χ1) is 11.0. The average Bonchev–Trinajstić information content (AvgIpc) is 2.55. The van der Waals surface area contributed by atoms with E-state index in [1.54, 1.807) is 0 Å². The number of hydrogen-bond donors (Lipinski definition) is 3. The molecular formula is C16H15ClFN3O2. The summed E-state index contributed by atoms with van der Waals surface area (Å²) in [5.74, 6) is -1.12. The number of benzene rings is 2. The monoisotopic (exact) mass is 335 g/mol. The van der Waals surface area contributed by atoms with Crippen LogP contribution in [-0.2, 0) is 11.3 Å². The van der Waals surface area contributed by atoms with Crippen LogP contribution in [0.15, 0.2) is 48.5 Å². The van der Waals surface area contributed by atoms with Gasteiger partial charge in [0.25, 0.3) is 0 Å². The molecule has 0 aliphatic heterocycles. The van der Waals surface area contributed by atoms with Crippen molar-refractivity contribution in [2.45, 2.75) is 6.54 Å². The number of imide groups is 1. The Morgan fingerprint density at radius 3 is 2.57 bits per heavy atom. The summed E-state index contributed by atoms with van der Waals surface area (Å²) in [7, 11) is 0. The molecule has 0 aromatic heterocycles. The summed E-state index contributed by atoms with van der Waals surface area (Å²) >= 11 is 5.74. The quantitative estimate of drug-likeness (QED) is 0.787. The molecule has 0 radical (unpaired) electrons. The smallest absolute Gasteiger partial charge is 0.321 e. The van der Waals surface area contributed by atoms with Gasteiger partial charge in [-0.2, -0.15) is 0 Å². The molecule has 7 heteroatoms. The summed E-state index contributed by atoms with van der Waals surface area (Å²) in [6.07, 6.45) is 0. The van der Waals surface area contributed by atoms with Crippen molar-refractivity contribution in [1.29, 1.82) is 0 Å². The molecule has 0 fully saturated rings. The highest BCUT2D eigenvalue weighted by Gasteiger charge is 2.09. The second kappa shape index (κ2) is 8.14. The number of halogens is 2. The largest absolute Gasteiger partial charge is 0.374 e. The van der Waals surface area contributed by atoms with Crippen LogP contribution >= 0.6 is 11.6 Å². The van der Waals surface area contributed by atoms with E-state index in [2.05, 4.69) is 16.0 Å². The summed E-state index contributed by atoms with van der Waals surface area (Å²) in [5.41, 5.74) is 1.01. The van der Waals surface area contributed by atoms with E-state index >= 15 is 0 Å². The normalized spacial score (nSPS) is 10.0. The van der Waals surface area contributed by atoms with Crippen LogP contribution in [0.4, 0.5) is 14.9 Å². The SMILES string of the molecule is O=C(CNc1cc(Cl)ccc1F)NC(=O)NCc1ccccc1. The third-order valence-corrected chi connectivity index (χ3v) is 3.15. The van der Waals surface area contributed by atoms with E-state index in [0.29, 0.717) is 11.6 Å². The predicted octanol–water partition coefficient (Wildman–Crippen LogP) is 2.92. The van der Waals surface area contributed by atoms with Crippen LogP contribution in [-0.4, -0.2) is 18.5 Å². The molecule has 0 bridgehead atoms. The molecule has 0 aliphatic rings. The fourth-order valence-corrected chi connectivity index (χ4v) is 1.97. The van der Waals surface area contributed by atoms with E-state index in [4.69, 9.17) is 11.6 Å². The number of rotatable bonds is 5. The molecule has 23 heavy (non-hydrogen) atoms. The summed E-state index contributed by atoms with van der Waals surface area (Å²) in [6, 6.07) is 12.6. The molecule has 2 aromatic rings. The molecule has 2 aromatic carbocycles. The standard InChI is InChI=1S/C16H15ClFN3O2/c17-12-6-7-13(18)14(8-12)19-10-15(22)21-16(23)20-9-11-4-2-1-3-5-11/h1-8,19H,9-10H2,(H2,20,21,22,23). The Labute approximate surface area is 137 Å². The Kier molecular flexibility index (Phi) is 5.94. The molecule has 2 rings (SSSR count). The zero-order valence-corrected chi connectivity index (χ0v) is 12.9. The number of anilines is 1. The van der Waals surface area contributed by atoms with Crippen LogP contribution in [0.5, 0.6) is 0 Å². The summed E-state index contributed by atoms with van der Waals surface area (Å²) < 4.78 is 13.5. The van der Waals surface area contributed by atoms with Crippen molar-refractivity contribution in [3.63, 3.8) is 0 Å². The lowest BCUT2D eigenvalue weighted by atomic mass is 10.2. The van der Waals surface area contributed by atoms with Gasteiger partial charge in [-0.05, 0) is 23.8 Å². The third-order valence-electron chi connectivity index (χ3n) is 2.92. The lowest BCUT2D eigenvalue weighted by Crippen LogP contribution is -2.41. The highest BCUT2D eigenvalue weighted by molar-refractivity contribution is 6.30. The van der Waals surface area contributed by atoms with Crippen molar-refractivity contribution in [3.8, 4) is 0 Å². The maximum atomic E-state index is 13.5. The second-order valence-electron chi connectivity index (χ2n) is 4.69. The minimum absolute atomic E-state index is 0.0948. The van der Waals surface area contributed by atoms with Gasteiger partial charge in [0.2, 0.25) is 5.91 Å². The van der Waals surface area contributed by atoms with Crippen molar-refractivity contribution in [2.75, 3.05) is 11.9 Å². The zero-order valence-electron chi connectivity index (χ0n) is 12.1. The highest BCUT2D eigenvalue weighted by Crippen LogP contribution is 2.18. The lowest BCUT2D eigenvalue weighted by molar-refractivity contribution is -0.118. The van der Waals surface area contributed by atoms with Crippen LogP contribution in [0.2, 0.25) is 5.02 Å². The van der Waals surface area contributed by atoms with Gasteiger partial charge in [-0.1, -0.05) is 41.9 Å². The number of carbonyl (C=O) groups is 2. The molecule has 0 spiro atoms. The van der Waals surface area contributed by atoms with E-state index < -0.39 is 17.8 Å². The minimum atomic E-state index is -0.618. The Bertz CT molecular complexity index is 695. The van der Waals surface area contributed by atoms with E-state index in [-0.39, 0.29) is 12.2 Å². The molecule has 0 unspecified atom stereocenters. The lowest BCUT2D eigenvalue weighted by Gasteiger charge is -2.09. The number of amides is 3. The fourth-order valence-electron chi connectivity index (χ4n) is 1.80. The number of hydrogen-bond acceptors (Lipinski definition) is 3. The maximum Gasteiger partial charge on any atom is 0.321 e. The van der Waals surface area contributed by atoms with E-state index in [1.807, 2.05) is 30.3 Å². The van der Waals surface area contributed by atoms with E-state index in [9.17, 15) is 14.0 Å². The van der Waals surface area contributed by atoms with Crippen LogP contribution in [0, 0.1) is 5.82 Å². The van der Waals surface area contributed by atoms with Crippen molar-refractivity contribution in [1.82, 2.24) is 10.6 Å². The van der Waals surface area contributed by atoms with Crippen LogP contribution < -0.4 is 16.0 Å². The first-order valence-electron chi connectivity index (χ1n) is 6.85. The van der Waals surface area contributed by atoms with Crippen molar-refractivity contribution in [3.05, 3.63) is 64.9 Å². The summed E-state index contributed by atoms with van der Waals surface area (Å²) in [4.78, 5) is 23.2. The minimum Gasteiger partial charge on any atom is -0.374 e. The van der Waals surface area contributed by atoms with Crippen LogP contribution in [0.25, 0.3) is 0 Å². The fraction of sp³-hybridized carbons (Fsp3) is 0.125. The Morgan fingerprint density at radius 2 is 1.83 bits per heavy atom. The van der Waals surface area contributed by atoms with Crippen LogP contribution in [0.3, 0.4) is 0 Å². The molecule has 3 N–H and O–H groups in total. The number of urea groups is 1. The number of carbonyl (C=O) groups excluding carboxylic acids is 2. The predicted molar refractivity (Wildman–Crippen MR) is 86.7 cm³/mol. The Hall–Kier alpha value is -2.60. The van der Waals surface area contributed by atoms with Gasteiger partial charge in [0.1, 0.15) is 5.82 Å². The topological polar surface area (TPSA) is 70.2 Å². The van der Waals surface area contributed by atoms with E-state index in [1.165, 1.54) is 18.2 Å². The molecule has 120 valence electrons. The van der Waals surface area contributed by atoms with E-state index in [0.717, 1.165) is 5.56 Å². The van der Waals surface area contributed by atoms with Gasteiger partial charge in [0, 0.05) is 11.6 Å². The molecule has 3 amide bonds. The van der Waals surface area contributed by atoms with Crippen molar-refractivity contribution >= 4 is 29.2 Å². The molecule has 0 saturated carbocycles. The first-order valence-corrected chi connectivity index (χ1v) is 7.23. The zero-order chi connectivity index (χ0) is 16.7. The molecule has 0 heterocycles. The third kappa shape index (κ3) is 5.60. The average molecular weight is 336 g/mol. The van der Waals surface area contributed by atoms with Crippen molar-refractivity contribution in [2.24, 2.45) is 0 Å². The summed E-state index contributed by atoms with van der Waals surface area (Å²) in [5, 5.41) is 7.63. The molecule has 0 saturated heterocycles. The molecule has 5 nitrogen and oxygen atoms in total. The maximum absolute atomic E-state index is 13.5. The van der Waals surface area contributed by atoms with Crippen LogP contribution in [0.1, 0.15) is 5.56 Å². The Balaban J connectivity index is 1.76. The molecular weight excluding hydrogens is 321 g/mol. The van der Waals surface area contributed by atoms with Gasteiger partial charge >= 0.3 is 6.03 Å². The second-order valence-corrected chi connectivity index (χ2v) is 5.13. The van der Waals surface area contributed by atoms with Gasteiger partial charge < -0.3 is 10.6 Å². The van der Waals surface area contributed by atoms with Gasteiger partial charge in [0.15, 0.2) is 0 Å². The van der Waals surface area contributed by atoms with Gasteiger partial charge in [-0.15, -0.1) is 0 Å². The molecule has 0 aliphatic carbocycles.